The van der Waals surface area contributed by atoms with Gasteiger partial charge in [-0.1, -0.05) is 126 Å². The zero-order valence-corrected chi connectivity index (χ0v) is 27.7. The first-order valence-corrected chi connectivity index (χ1v) is 19.0. The fraction of sp³-hybridized carbons (Fsp3) is 0.250. The molecule has 0 bridgehead atoms. The van der Waals surface area contributed by atoms with Crippen molar-refractivity contribution >= 4 is 52.3 Å². The molecule has 0 fully saturated rings. The molecule has 43 heavy (non-hydrogen) atoms. The maximum atomic E-state index is 6.81. The minimum absolute atomic E-state index is 0.0831. The molecule has 2 nitrogen and oxygen atoms in total. The Balaban J connectivity index is 1.57. The summed E-state index contributed by atoms with van der Waals surface area (Å²) >= 11 is 0. The molecule has 3 heteroatoms. The Labute approximate surface area is 257 Å². The molecule has 0 atom stereocenters. The molecule has 1 aromatic heterocycles. The lowest BCUT2D eigenvalue weighted by Gasteiger charge is -2.30. The van der Waals surface area contributed by atoms with Crippen molar-refractivity contribution in [1.82, 2.24) is 0 Å². The Morgan fingerprint density at radius 3 is 1.95 bits per heavy atom. The van der Waals surface area contributed by atoms with Crippen molar-refractivity contribution in [3.05, 3.63) is 120 Å². The predicted molar refractivity (Wildman–Crippen MR) is 188 cm³/mol. The van der Waals surface area contributed by atoms with Gasteiger partial charge in [-0.25, -0.2) is 0 Å². The van der Waals surface area contributed by atoms with E-state index in [-0.39, 0.29) is 10.8 Å². The molecule has 0 saturated heterocycles. The van der Waals surface area contributed by atoms with E-state index in [1.165, 1.54) is 33.0 Å². The molecule has 0 radical (unpaired) electrons. The average molecular weight is 580 g/mol. The van der Waals surface area contributed by atoms with Crippen LogP contribution in [0.5, 0.6) is 0 Å². The highest BCUT2D eigenvalue weighted by Gasteiger charge is 2.39. The molecule has 5 aromatic carbocycles. The zero-order valence-electron chi connectivity index (χ0n) is 26.7. The molecule has 0 N–H and O–H groups in total. The summed E-state index contributed by atoms with van der Waals surface area (Å²) in [4.78, 5) is 2.45. The van der Waals surface area contributed by atoms with Gasteiger partial charge in [-0.05, 0) is 64.1 Å². The SMILES string of the molecule is CC(C)(C)c1ccc(N(c2ccc([Si](C)(C)C)cc2)c2cc3c(c4oc5ccccc5c24)-c2ccccc2C3(C)C)cc1. The lowest BCUT2D eigenvalue weighted by atomic mass is 9.82. The van der Waals surface area contributed by atoms with Crippen LogP contribution in [-0.2, 0) is 10.8 Å². The molecule has 0 spiro atoms. The average Bonchev–Trinajstić information content (AvgIpc) is 3.46. The van der Waals surface area contributed by atoms with E-state index in [2.05, 4.69) is 162 Å². The van der Waals surface area contributed by atoms with E-state index in [0.29, 0.717) is 0 Å². The van der Waals surface area contributed by atoms with E-state index in [1.807, 2.05) is 0 Å². The topological polar surface area (TPSA) is 16.4 Å². The van der Waals surface area contributed by atoms with Gasteiger partial charge in [0.15, 0.2) is 0 Å². The van der Waals surface area contributed by atoms with Gasteiger partial charge in [0.25, 0.3) is 0 Å². The van der Waals surface area contributed by atoms with Crippen molar-refractivity contribution in [2.45, 2.75) is 65.1 Å². The first-order valence-electron chi connectivity index (χ1n) is 15.5. The van der Waals surface area contributed by atoms with Crippen molar-refractivity contribution in [1.29, 1.82) is 0 Å². The number of furan rings is 1. The summed E-state index contributed by atoms with van der Waals surface area (Å²) in [5, 5.41) is 3.77. The minimum atomic E-state index is -1.45. The second kappa shape index (κ2) is 9.46. The fourth-order valence-electron chi connectivity index (χ4n) is 6.86. The van der Waals surface area contributed by atoms with Crippen LogP contribution in [0.4, 0.5) is 17.1 Å². The number of hydrogen-bond donors (Lipinski definition) is 0. The summed E-state index contributed by atoms with van der Waals surface area (Å²) in [5.41, 5.74) is 11.8. The van der Waals surface area contributed by atoms with Crippen molar-refractivity contribution in [2.75, 3.05) is 4.90 Å². The maximum Gasteiger partial charge on any atom is 0.145 e. The predicted octanol–water partition coefficient (Wildman–Crippen LogP) is 11.2. The lowest BCUT2D eigenvalue weighted by Crippen LogP contribution is -2.37. The molecule has 1 aliphatic carbocycles. The molecule has 0 saturated carbocycles. The van der Waals surface area contributed by atoms with E-state index in [0.717, 1.165) is 39.0 Å². The van der Waals surface area contributed by atoms with Crippen molar-refractivity contribution < 1.29 is 4.42 Å². The van der Waals surface area contributed by atoms with Crippen LogP contribution in [0.15, 0.2) is 108 Å². The third-order valence-corrected chi connectivity index (χ3v) is 11.5. The van der Waals surface area contributed by atoms with Crippen LogP contribution in [0.25, 0.3) is 33.1 Å². The monoisotopic (exact) mass is 579 g/mol. The normalized spacial score (nSPS) is 14.2. The standard InChI is InChI=1S/C40H41NOSi/c1-39(2,3)26-17-19-27(20-18-26)41(28-21-23-29(24-22-28)43(6,7)8)34-25-33-36(30-13-9-11-15-32(30)40(33,4)5)38-37(34)31-14-10-12-16-35(31)42-38/h9-25H,1-8H3. The van der Waals surface area contributed by atoms with Crippen LogP contribution < -0.4 is 10.1 Å². The van der Waals surface area contributed by atoms with E-state index in [9.17, 15) is 0 Å². The summed E-state index contributed by atoms with van der Waals surface area (Å²) in [6, 6.07) is 38.2. The molecular weight excluding hydrogens is 539 g/mol. The Hall–Kier alpha value is -4.08. The van der Waals surface area contributed by atoms with Crippen LogP contribution in [0.2, 0.25) is 19.6 Å². The molecular formula is C40H41NOSi. The largest absolute Gasteiger partial charge is 0.455 e. The zero-order chi connectivity index (χ0) is 30.3. The van der Waals surface area contributed by atoms with E-state index in [1.54, 1.807) is 0 Å². The van der Waals surface area contributed by atoms with E-state index >= 15 is 0 Å². The van der Waals surface area contributed by atoms with Gasteiger partial charge in [0, 0.05) is 27.7 Å². The number of benzene rings is 5. The van der Waals surface area contributed by atoms with Gasteiger partial charge in [0.2, 0.25) is 0 Å². The summed E-state index contributed by atoms with van der Waals surface area (Å²) in [5.74, 6) is 0. The van der Waals surface area contributed by atoms with Crippen LogP contribution in [0.1, 0.15) is 51.3 Å². The number of para-hydroxylation sites is 1. The second-order valence-corrected chi connectivity index (χ2v) is 19.8. The summed E-state index contributed by atoms with van der Waals surface area (Å²) in [7, 11) is -1.45. The first kappa shape index (κ1) is 27.7. The van der Waals surface area contributed by atoms with E-state index < -0.39 is 8.07 Å². The van der Waals surface area contributed by atoms with Crippen LogP contribution in [-0.4, -0.2) is 8.07 Å². The third-order valence-electron chi connectivity index (χ3n) is 9.40. The smallest absolute Gasteiger partial charge is 0.145 e. The Morgan fingerprint density at radius 1 is 0.698 bits per heavy atom. The Kier molecular flexibility index (Phi) is 6.10. The number of fused-ring (bicyclic) bond motifs is 7. The molecule has 0 amide bonds. The highest BCUT2D eigenvalue weighted by atomic mass is 28.3. The molecule has 216 valence electrons. The first-order chi connectivity index (χ1) is 20.4. The van der Waals surface area contributed by atoms with Gasteiger partial charge in [-0.2, -0.15) is 0 Å². The highest BCUT2D eigenvalue weighted by molar-refractivity contribution is 6.88. The minimum Gasteiger partial charge on any atom is -0.455 e. The third kappa shape index (κ3) is 4.36. The van der Waals surface area contributed by atoms with Crippen LogP contribution >= 0.6 is 0 Å². The summed E-state index contributed by atoms with van der Waals surface area (Å²) in [6.07, 6.45) is 0. The lowest BCUT2D eigenvalue weighted by molar-refractivity contribution is 0.590. The van der Waals surface area contributed by atoms with Gasteiger partial charge in [0.1, 0.15) is 11.2 Å². The van der Waals surface area contributed by atoms with Crippen LogP contribution in [0, 0.1) is 0 Å². The maximum absolute atomic E-state index is 6.81. The van der Waals surface area contributed by atoms with Gasteiger partial charge in [-0.15, -0.1) is 0 Å². The number of anilines is 3. The van der Waals surface area contributed by atoms with Gasteiger partial charge >= 0.3 is 0 Å². The number of hydrogen-bond acceptors (Lipinski definition) is 2. The fourth-order valence-corrected chi connectivity index (χ4v) is 8.02. The van der Waals surface area contributed by atoms with Crippen molar-refractivity contribution in [2.24, 2.45) is 0 Å². The summed E-state index contributed by atoms with van der Waals surface area (Å²) in [6.45, 7) is 18.7. The second-order valence-electron chi connectivity index (χ2n) is 14.7. The van der Waals surface area contributed by atoms with Gasteiger partial charge in [-0.3, -0.25) is 0 Å². The molecule has 1 heterocycles. The van der Waals surface area contributed by atoms with Gasteiger partial charge in [0.05, 0.1) is 19.1 Å². The molecule has 0 aliphatic heterocycles. The van der Waals surface area contributed by atoms with E-state index in [4.69, 9.17) is 4.42 Å². The molecule has 1 aliphatic rings. The molecule has 6 aromatic rings. The quantitative estimate of drug-likeness (QED) is 0.193. The highest BCUT2D eigenvalue weighted by Crippen LogP contribution is 2.56. The van der Waals surface area contributed by atoms with Gasteiger partial charge < -0.3 is 9.32 Å². The summed E-state index contributed by atoms with van der Waals surface area (Å²) < 4.78 is 6.81. The number of nitrogens with zero attached hydrogens (tertiary/aromatic N) is 1. The van der Waals surface area contributed by atoms with Crippen molar-refractivity contribution in [3.63, 3.8) is 0 Å². The van der Waals surface area contributed by atoms with Crippen molar-refractivity contribution in [3.8, 4) is 11.1 Å². The Bertz CT molecular complexity index is 1940. The molecule has 0 unspecified atom stereocenters. The number of rotatable bonds is 4. The molecule has 7 rings (SSSR count). The Morgan fingerprint density at radius 2 is 1.30 bits per heavy atom. The van der Waals surface area contributed by atoms with Crippen LogP contribution in [0.3, 0.4) is 0 Å².